The number of thiophene rings is 1. The van der Waals surface area contributed by atoms with Gasteiger partial charge in [0, 0.05) is 18.5 Å². The standard InChI is InChI=1S/C16H21N3O2S2/c1-13-8-10-22-15(13)12-19-16(17-2)18-9-11-23(20,21)14-6-4-3-5-7-14/h3-8,10H,9,11-12H2,1-2H3,(H2,17,18,19). The average molecular weight is 351 g/mol. The van der Waals surface area contributed by atoms with Crippen molar-refractivity contribution < 1.29 is 8.42 Å². The first kappa shape index (κ1) is 17.5. The fourth-order valence-electron chi connectivity index (χ4n) is 2.02. The summed E-state index contributed by atoms with van der Waals surface area (Å²) >= 11 is 1.69. The number of hydrogen-bond donors (Lipinski definition) is 2. The van der Waals surface area contributed by atoms with Gasteiger partial charge in [-0.1, -0.05) is 18.2 Å². The van der Waals surface area contributed by atoms with Crippen LogP contribution in [0.2, 0.25) is 0 Å². The lowest BCUT2D eigenvalue weighted by Gasteiger charge is -2.12. The minimum Gasteiger partial charge on any atom is -0.355 e. The van der Waals surface area contributed by atoms with Crippen LogP contribution in [0.25, 0.3) is 0 Å². The molecular weight excluding hydrogens is 330 g/mol. The molecule has 23 heavy (non-hydrogen) atoms. The van der Waals surface area contributed by atoms with E-state index in [2.05, 4.69) is 34.0 Å². The molecule has 2 aromatic rings. The summed E-state index contributed by atoms with van der Waals surface area (Å²) in [5.41, 5.74) is 1.24. The van der Waals surface area contributed by atoms with E-state index in [-0.39, 0.29) is 5.75 Å². The topological polar surface area (TPSA) is 70.6 Å². The van der Waals surface area contributed by atoms with E-state index in [9.17, 15) is 8.42 Å². The normalized spacial score (nSPS) is 12.2. The Labute approximate surface area is 141 Å². The molecule has 0 atom stereocenters. The molecule has 1 heterocycles. The summed E-state index contributed by atoms with van der Waals surface area (Å²) in [5.74, 6) is 0.622. The first-order chi connectivity index (χ1) is 11.0. The van der Waals surface area contributed by atoms with Crippen LogP contribution in [0.15, 0.2) is 51.7 Å². The molecule has 0 aliphatic rings. The molecule has 0 aliphatic carbocycles. The Hall–Kier alpha value is -1.86. The highest BCUT2D eigenvalue weighted by Crippen LogP contribution is 2.14. The fraction of sp³-hybridized carbons (Fsp3) is 0.312. The van der Waals surface area contributed by atoms with Crippen LogP contribution in [0.4, 0.5) is 0 Å². The first-order valence-electron chi connectivity index (χ1n) is 7.28. The van der Waals surface area contributed by atoms with Crippen molar-refractivity contribution in [2.45, 2.75) is 18.4 Å². The van der Waals surface area contributed by atoms with Gasteiger partial charge in [0.15, 0.2) is 15.8 Å². The van der Waals surface area contributed by atoms with Crippen molar-refractivity contribution in [2.75, 3.05) is 19.3 Å². The number of benzene rings is 1. The zero-order chi connectivity index (χ0) is 16.7. The second kappa shape index (κ2) is 8.12. The van der Waals surface area contributed by atoms with Crippen molar-refractivity contribution >= 4 is 27.1 Å². The molecule has 7 heteroatoms. The first-order valence-corrected chi connectivity index (χ1v) is 9.81. The summed E-state index contributed by atoms with van der Waals surface area (Å²) in [5, 5.41) is 8.29. The molecular formula is C16H21N3O2S2. The zero-order valence-corrected chi connectivity index (χ0v) is 14.9. The van der Waals surface area contributed by atoms with Gasteiger partial charge in [0.1, 0.15) is 0 Å². The van der Waals surface area contributed by atoms with Crippen LogP contribution in [-0.4, -0.2) is 33.7 Å². The van der Waals surface area contributed by atoms with Crippen LogP contribution in [0.1, 0.15) is 10.4 Å². The van der Waals surface area contributed by atoms with E-state index in [1.54, 1.807) is 48.7 Å². The smallest absolute Gasteiger partial charge is 0.191 e. The van der Waals surface area contributed by atoms with E-state index in [0.29, 0.717) is 23.9 Å². The van der Waals surface area contributed by atoms with Gasteiger partial charge in [-0.15, -0.1) is 11.3 Å². The maximum atomic E-state index is 12.2. The quantitative estimate of drug-likeness (QED) is 0.618. The molecule has 0 aliphatic heterocycles. The molecule has 0 amide bonds. The van der Waals surface area contributed by atoms with Crippen LogP contribution in [0.3, 0.4) is 0 Å². The van der Waals surface area contributed by atoms with Gasteiger partial charge < -0.3 is 10.6 Å². The van der Waals surface area contributed by atoms with E-state index >= 15 is 0 Å². The van der Waals surface area contributed by atoms with Crippen molar-refractivity contribution in [3.05, 3.63) is 52.2 Å². The average Bonchev–Trinajstić information content (AvgIpc) is 2.96. The predicted octanol–water partition coefficient (Wildman–Crippen LogP) is 2.20. The van der Waals surface area contributed by atoms with E-state index in [0.717, 1.165) is 0 Å². The van der Waals surface area contributed by atoms with E-state index in [4.69, 9.17) is 0 Å². The number of aryl methyl sites for hydroxylation is 1. The van der Waals surface area contributed by atoms with Crippen LogP contribution < -0.4 is 10.6 Å². The number of aliphatic imine (C=N–C) groups is 1. The van der Waals surface area contributed by atoms with Gasteiger partial charge >= 0.3 is 0 Å². The summed E-state index contributed by atoms with van der Waals surface area (Å²) in [6.07, 6.45) is 0. The third-order valence-corrected chi connectivity index (χ3v) is 6.13. The minimum atomic E-state index is -3.27. The Morgan fingerprint density at radius 2 is 1.91 bits per heavy atom. The largest absolute Gasteiger partial charge is 0.355 e. The molecule has 1 aromatic heterocycles. The van der Waals surface area contributed by atoms with Crippen LogP contribution in [-0.2, 0) is 16.4 Å². The van der Waals surface area contributed by atoms with Crippen molar-refractivity contribution in [2.24, 2.45) is 4.99 Å². The second-order valence-electron chi connectivity index (χ2n) is 5.01. The molecule has 2 N–H and O–H groups in total. The van der Waals surface area contributed by atoms with Crippen molar-refractivity contribution in [3.8, 4) is 0 Å². The molecule has 0 bridgehead atoms. The van der Waals surface area contributed by atoms with Crippen molar-refractivity contribution in [3.63, 3.8) is 0 Å². The highest BCUT2D eigenvalue weighted by Gasteiger charge is 2.13. The molecule has 0 unspecified atom stereocenters. The van der Waals surface area contributed by atoms with Crippen molar-refractivity contribution in [1.29, 1.82) is 0 Å². The summed E-state index contributed by atoms with van der Waals surface area (Å²) in [6.45, 7) is 3.05. The van der Waals surface area contributed by atoms with Gasteiger partial charge in [-0.05, 0) is 36.1 Å². The van der Waals surface area contributed by atoms with Crippen LogP contribution in [0.5, 0.6) is 0 Å². The zero-order valence-electron chi connectivity index (χ0n) is 13.2. The Kier molecular flexibility index (Phi) is 6.18. The molecule has 0 saturated carbocycles. The molecule has 124 valence electrons. The second-order valence-corrected chi connectivity index (χ2v) is 8.12. The maximum absolute atomic E-state index is 12.2. The number of sulfone groups is 1. The Bertz CT molecular complexity index is 753. The molecule has 2 rings (SSSR count). The van der Waals surface area contributed by atoms with Crippen LogP contribution >= 0.6 is 11.3 Å². The van der Waals surface area contributed by atoms with E-state index < -0.39 is 9.84 Å². The fourth-order valence-corrected chi connectivity index (χ4v) is 4.04. The highest BCUT2D eigenvalue weighted by molar-refractivity contribution is 7.91. The third kappa shape index (κ3) is 5.07. The Balaban J connectivity index is 1.83. The third-order valence-electron chi connectivity index (χ3n) is 3.37. The molecule has 5 nitrogen and oxygen atoms in total. The molecule has 0 radical (unpaired) electrons. The van der Waals surface area contributed by atoms with Crippen molar-refractivity contribution in [1.82, 2.24) is 10.6 Å². The molecule has 0 fully saturated rings. The maximum Gasteiger partial charge on any atom is 0.191 e. The lowest BCUT2D eigenvalue weighted by molar-refractivity contribution is 0.594. The van der Waals surface area contributed by atoms with Crippen LogP contribution in [0, 0.1) is 6.92 Å². The summed E-state index contributed by atoms with van der Waals surface area (Å²) in [4.78, 5) is 5.70. The number of hydrogen-bond acceptors (Lipinski definition) is 4. The molecule has 1 aromatic carbocycles. The summed E-state index contributed by atoms with van der Waals surface area (Å²) < 4.78 is 24.4. The Morgan fingerprint density at radius 1 is 1.17 bits per heavy atom. The Morgan fingerprint density at radius 3 is 2.52 bits per heavy atom. The van der Waals surface area contributed by atoms with Gasteiger partial charge in [0.2, 0.25) is 0 Å². The minimum absolute atomic E-state index is 0.0236. The van der Waals surface area contributed by atoms with Gasteiger partial charge in [0.05, 0.1) is 17.2 Å². The molecule has 0 spiro atoms. The molecule has 0 saturated heterocycles. The predicted molar refractivity (Wildman–Crippen MR) is 95.8 cm³/mol. The van der Waals surface area contributed by atoms with Gasteiger partial charge in [-0.25, -0.2) is 8.42 Å². The van der Waals surface area contributed by atoms with E-state index in [1.165, 1.54) is 10.4 Å². The SMILES string of the molecule is CN=C(NCCS(=O)(=O)c1ccccc1)NCc1sccc1C. The number of nitrogens with one attached hydrogen (secondary N) is 2. The summed E-state index contributed by atoms with van der Waals surface area (Å²) in [7, 11) is -1.60. The lowest BCUT2D eigenvalue weighted by atomic mass is 10.3. The van der Waals surface area contributed by atoms with Gasteiger partial charge in [-0.3, -0.25) is 4.99 Å². The number of guanidine groups is 1. The van der Waals surface area contributed by atoms with Gasteiger partial charge in [0.25, 0.3) is 0 Å². The van der Waals surface area contributed by atoms with E-state index in [1.807, 2.05) is 0 Å². The number of nitrogens with zero attached hydrogens (tertiary/aromatic N) is 1. The summed E-state index contributed by atoms with van der Waals surface area (Å²) in [6, 6.07) is 10.6. The monoisotopic (exact) mass is 351 g/mol. The number of rotatable bonds is 6. The highest BCUT2D eigenvalue weighted by atomic mass is 32.2. The lowest BCUT2D eigenvalue weighted by Crippen LogP contribution is -2.39. The van der Waals surface area contributed by atoms with Gasteiger partial charge in [-0.2, -0.15) is 0 Å².